The van der Waals surface area contributed by atoms with Gasteiger partial charge in [0, 0.05) is 0 Å². The topological polar surface area (TPSA) is 55.8 Å². The molecule has 1 aliphatic rings. The Morgan fingerprint density at radius 1 is 1.21 bits per heavy atom. The van der Waals surface area contributed by atoms with Crippen molar-refractivity contribution >= 4 is 20.3 Å². The van der Waals surface area contributed by atoms with Crippen LogP contribution in [0.4, 0.5) is 4.79 Å². The van der Waals surface area contributed by atoms with Gasteiger partial charge >= 0.3 is 6.09 Å². The zero-order valence-electron chi connectivity index (χ0n) is 16.4. The molecule has 2 amide bonds. The highest BCUT2D eigenvalue weighted by Crippen LogP contribution is 2.29. The van der Waals surface area contributed by atoms with Crippen molar-refractivity contribution in [3.8, 4) is 0 Å². The fourth-order valence-electron chi connectivity index (χ4n) is 3.42. The third-order valence-corrected chi connectivity index (χ3v) is 10.3. The summed E-state index contributed by atoms with van der Waals surface area (Å²) in [4.78, 5) is 26.4. The summed E-state index contributed by atoms with van der Waals surface area (Å²) < 4.78 is 11.7. The molecule has 0 aromatic heterocycles. The molecule has 1 aliphatic heterocycles. The summed E-state index contributed by atoms with van der Waals surface area (Å²) in [6.45, 7) is 14.8. The van der Waals surface area contributed by atoms with Gasteiger partial charge in [-0.15, -0.1) is 0 Å². The quantitative estimate of drug-likeness (QED) is 0.573. The third kappa shape index (κ3) is 4.39. The molecule has 0 spiro atoms. The van der Waals surface area contributed by atoms with Gasteiger partial charge in [0.2, 0.25) is 5.91 Å². The highest BCUT2D eigenvalue weighted by atomic mass is 28.4. The number of rotatable bonds is 9. The molecule has 1 saturated heterocycles. The lowest BCUT2D eigenvalue weighted by atomic mass is 9.98. The number of amides is 2. The first-order chi connectivity index (χ1) is 11.3. The van der Waals surface area contributed by atoms with E-state index in [1.165, 1.54) is 4.90 Å². The number of ether oxygens (including phenoxy) is 1. The first-order valence-corrected chi connectivity index (χ1v) is 12.0. The van der Waals surface area contributed by atoms with E-state index in [0.29, 0.717) is 6.61 Å². The lowest BCUT2D eigenvalue weighted by Crippen LogP contribution is -2.49. The maximum absolute atomic E-state index is 13.0. The van der Waals surface area contributed by atoms with E-state index in [4.69, 9.17) is 9.16 Å². The van der Waals surface area contributed by atoms with Crippen LogP contribution in [0.1, 0.15) is 54.9 Å². The molecule has 3 atom stereocenters. The second kappa shape index (κ2) is 8.99. The summed E-state index contributed by atoms with van der Waals surface area (Å²) in [5.74, 6) is -0.309. The molecule has 0 bridgehead atoms. The molecule has 1 rings (SSSR count). The average molecular weight is 358 g/mol. The predicted octanol–water partition coefficient (Wildman–Crippen LogP) is 4.43. The van der Waals surface area contributed by atoms with Gasteiger partial charge in [-0.1, -0.05) is 48.5 Å². The molecule has 0 unspecified atom stereocenters. The Labute approximate surface area is 148 Å². The minimum absolute atomic E-state index is 0.134. The molecule has 5 nitrogen and oxygen atoms in total. The Morgan fingerprint density at radius 2 is 1.75 bits per heavy atom. The lowest BCUT2D eigenvalue weighted by Gasteiger charge is -2.36. The van der Waals surface area contributed by atoms with Crippen LogP contribution in [-0.2, 0) is 14.0 Å². The summed E-state index contributed by atoms with van der Waals surface area (Å²) in [6.07, 6.45) is 0.132. The Morgan fingerprint density at radius 3 is 2.17 bits per heavy atom. The van der Waals surface area contributed by atoms with Gasteiger partial charge in [-0.2, -0.15) is 0 Å². The summed E-state index contributed by atoms with van der Waals surface area (Å²) in [5.41, 5.74) is 0. The highest BCUT2D eigenvalue weighted by molar-refractivity contribution is 6.73. The first-order valence-electron chi connectivity index (χ1n) is 9.44. The van der Waals surface area contributed by atoms with Crippen molar-refractivity contribution in [3.63, 3.8) is 0 Å². The van der Waals surface area contributed by atoms with Crippen LogP contribution in [0.25, 0.3) is 0 Å². The van der Waals surface area contributed by atoms with E-state index in [1.54, 1.807) is 0 Å². The number of carbonyl (C=O) groups is 2. The van der Waals surface area contributed by atoms with E-state index >= 15 is 0 Å². The van der Waals surface area contributed by atoms with Crippen molar-refractivity contribution < 1.29 is 18.8 Å². The van der Waals surface area contributed by atoms with Crippen LogP contribution in [0.2, 0.25) is 18.1 Å². The van der Waals surface area contributed by atoms with Gasteiger partial charge in [0.1, 0.15) is 6.61 Å². The van der Waals surface area contributed by atoms with Gasteiger partial charge in [-0.3, -0.25) is 4.79 Å². The number of hydrogen-bond donors (Lipinski definition) is 0. The molecular weight excluding hydrogens is 322 g/mol. The third-order valence-electron chi connectivity index (χ3n) is 5.60. The number of hydrogen-bond acceptors (Lipinski definition) is 4. The summed E-state index contributed by atoms with van der Waals surface area (Å²) in [7, 11) is -1.79. The normalized spacial score (nSPS) is 21.1. The standard InChI is InChI=1S/C18H35NO4Si/c1-8-16(23-24(9-2,10-3)11-4)14(7)17(20)19-15(13(5)6)12-22-18(19)21/h13-16H,8-12H2,1-7H3/t14-,15+,16+/m0/s1. The van der Waals surface area contributed by atoms with Gasteiger partial charge in [-0.05, 0) is 30.5 Å². The van der Waals surface area contributed by atoms with Crippen LogP contribution < -0.4 is 0 Å². The Bertz CT molecular complexity index is 428. The molecule has 0 radical (unpaired) electrons. The van der Waals surface area contributed by atoms with E-state index in [-0.39, 0.29) is 29.9 Å². The molecule has 1 fully saturated rings. The second-order valence-electron chi connectivity index (χ2n) is 7.19. The molecule has 0 aromatic carbocycles. The van der Waals surface area contributed by atoms with Crippen molar-refractivity contribution in [2.24, 2.45) is 11.8 Å². The summed E-state index contributed by atoms with van der Waals surface area (Å²) in [6, 6.07) is 2.99. The van der Waals surface area contributed by atoms with Gasteiger partial charge in [0.15, 0.2) is 8.32 Å². The maximum Gasteiger partial charge on any atom is 0.416 e. The Balaban J connectivity index is 2.93. The molecular formula is C18H35NO4Si. The molecule has 0 aromatic rings. The minimum Gasteiger partial charge on any atom is -0.447 e. The Kier molecular flexibility index (Phi) is 7.93. The molecule has 1 heterocycles. The first kappa shape index (κ1) is 21.2. The fraction of sp³-hybridized carbons (Fsp3) is 0.889. The van der Waals surface area contributed by atoms with Crippen molar-refractivity contribution in [3.05, 3.63) is 0 Å². The number of imide groups is 1. The van der Waals surface area contributed by atoms with Crippen LogP contribution >= 0.6 is 0 Å². The molecule has 0 N–H and O–H groups in total. The molecule has 24 heavy (non-hydrogen) atoms. The van der Waals surface area contributed by atoms with Crippen LogP contribution in [-0.4, -0.2) is 44.0 Å². The van der Waals surface area contributed by atoms with Gasteiger partial charge in [0.25, 0.3) is 0 Å². The van der Waals surface area contributed by atoms with Crippen LogP contribution in [0.3, 0.4) is 0 Å². The second-order valence-corrected chi connectivity index (χ2v) is 11.9. The average Bonchev–Trinajstić information content (AvgIpc) is 2.97. The van der Waals surface area contributed by atoms with Crippen molar-refractivity contribution in [2.45, 2.75) is 85.2 Å². The molecule has 0 aliphatic carbocycles. The minimum atomic E-state index is -1.79. The van der Waals surface area contributed by atoms with Crippen molar-refractivity contribution in [1.82, 2.24) is 4.90 Å². The zero-order chi connectivity index (χ0) is 18.5. The zero-order valence-corrected chi connectivity index (χ0v) is 17.4. The lowest BCUT2D eigenvalue weighted by molar-refractivity contribution is -0.136. The van der Waals surface area contributed by atoms with Crippen LogP contribution in [0.5, 0.6) is 0 Å². The van der Waals surface area contributed by atoms with Gasteiger partial charge in [0.05, 0.1) is 18.1 Å². The molecule has 6 heteroatoms. The highest BCUT2D eigenvalue weighted by Gasteiger charge is 2.44. The van der Waals surface area contributed by atoms with E-state index in [9.17, 15) is 9.59 Å². The van der Waals surface area contributed by atoms with E-state index in [2.05, 4.69) is 27.7 Å². The fourth-order valence-corrected chi connectivity index (χ4v) is 6.43. The molecule has 140 valence electrons. The van der Waals surface area contributed by atoms with Crippen molar-refractivity contribution in [1.29, 1.82) is 0 Å². The van der Waals surface area contributed by atoms with Crippen LogP contribution in [0, 0.1) is 11.8 Å². The summed E-state index contributed by atoms with van der Waals surface area (Å²) in [5, 5.41) is 0. The SMILES string of the molecule is CC[C@@H](O[Si](CC)(CC)CC)[C@H](C)C(=O)N1C(=O)OC[C@@H]1C(C)C. The number of nitrogens with zero attached hydrogens (tertiary/aromatic N) is 1. The monoisotopic (exact) mass is 357 g/mol. The predicted molar refractivity (Wildman–Crippen MR) is 98.3 cm³/mol. The van der Waals surface area contributed by atoms with E-state index in [1.807, 2.05) is 20.8 Å². The van der Waals surface area contributed by atoms with Gasteiger partial charge < -0.3 is 9.16 Å². The van der Waals surface area contributed by atoms with E-state index in [0.717, 1.165) is 24.6 Å². The van der Waals surface area contributed by atoms with E-state index < -0.39 is 14.4 Å². The summed E-state index contributed by atoms with van der Waals surface area (Å²) >= 11 is 0. The molecule has 0 saturated carbocycles. The smallest absolute Gasteiger partial charge is 0.416 e. The number of cyclic esters (lactones) is 1. The largest absolute Gasteiger partial charge is 0.447 e. The van der Waals surface area contributed by atoms with Gasteiger partial charge in [-0.25, -0.2) is 9.69 Å². The van der Waals surface area contributed by atoms with Crippen molar-refractivity contribution in [2.75, 3.05) is 6.61 Å². The van der Waals surface area contributed by atoms with Crippen LogP contribution in [0.15, 0.2) is 0 Å². The number of carbonyl (C=O) groups excluding carboxylic acids is 2. The Hall–Kier alpha value is -0.883. The maximum atomic E-state index is 13.0.